The van der Waals surface area contributed by atoms with Crippen molar-refractivity contribution in [2.24, 2.45) is 4.99 Å². The van der Waals surface area contributed by atoms with Crippen molar-refractivity contribution in [3.63, 3.8) is 0 Å². The lowest BCUT2D eigenvalue weighted by molar-refractivity contribution is -0.122. The van der Waals surface area contributed by atoms with Crippen LogP contribution in [-0.2, 0) is 14.3 Å². The van der Waals surface area contributed by atoms with E-state index in [1.807, 2.05) is 11.1 Å². The van der Waals surface area contributed by atoms with Gasteiger partial charge in [-0.3, -0.25) is 9.59 Å². The number of carbonyl (C=O) groups excluding carboxylic acids is 2. The molecule has 1 atom stereocenters. The third kappa shape index (κ3) is 5.42. The Morgan fingerprint density at radius 3 is 2.76 bits per heavy atom. The molecule has 2 N–H and O–H groups in total. The quantitative estimate of drug-likeness (QED) is 0.532. The van der Waals surface area contributed by atoms with Crippen molar-refractivity contribution in [2.75, 3.05) is 43.2 Å². The minimum absolute atomic E-state index is 0.0741. The number of nitriles is 1. The molecule has 3 heterocycles. The molecule has 1 aromatic heterocycles. The summed E-state index contributed by atoms with van der Waals surface area (Å²) in [5.41, 5.74) is -0.0504. The largest absolute Gasteiger partial charge is 0.379 e. The lowest BCUT2D eigenvalue weighted by atomic mass is 9.97. The minimum Gasteiger partial charge on any atom is -0.379 e. The third-order valence-electron chi connectivity index (χ3n) is 5.52. The Labute approximate surface area is 213 Å². The highest BCUT2D eigenvalue weighted by Gasteiger charge is 2.44. The maximum absolute atomic E-state index is 13.3. The van der Waals surface area contributed by atoms with Crippen LogP contribution in [0.15, 0.2) is 39.1 Å². The number of ether oxygens (including phenoxy) is 2. The number of halogens is 2. The molecule has 0 unspecified atom stereocenters. The summed E-state index contributed by atoms with van der Waals surface area (Å²) in [6.45, 7) is 1.88. The van der Waals surface area contributed by atoms with Gasteiger partial charge in [0, 0.05) is 31.7 Å². The molecule has 0 saturated carbocycles. The van der Waals surface area contributed by atoms with Crippen molar-refractivity contribution in [1.82, 2.24) is 5.32 Å². The van der Waals surface area contributed by atoms with Crippen LogP contribution >= 0.6 is 38.9 Å². The van der Waals surface area contributed by atoms with Crippen LogP contribution < -0.4 is 15.5 Å². The second-order valence-corrected chi connectivity index (χ2v) is 10.6. The zero-order valence-corrected chi connectivity index (χ0v) is 21.1. The van der Waals surface area contributed by atoms with E-state index in [-0.39, 0.29) is 18.4 Å². The van der Waals surface area contributed by atoms with E-state index < -0.39 is 5.54 Å². The Hall–Kier alpha value is -2.49. The Kier molecular flexibility index (Phi) is 7.85. The molecule has 0 aliphatic carbocycles. The highest BCUT2D eigenvalue weighted by molar-refractivity contribution is 9.11. The van der Waals surface area contributed by atoms with E-state index in [9.17, 15) is 9.59 Å². The highest BCUT2D eigenvalue weighted by Crippen LogP contribution is 2.31. The monoisotopic (exact) mass is 565 g/mol. The number of anilines is 2. The Morgan fingerprint density at radius 2 is 2.09 bits per heavy atom. The van der Waals surface area contributed by atoms with Crippen LogP contribution in [0.25, 0.3) is 0 Å². The van der Waals surface area contributed by atoms with Crippen molar-refractivity contribution in [2.45, 2.75) is 18.4 Å². The normalized spacial score (nSPS) is 21.7. The molecule has 12 heteroatoms. The fraction of sp³-hybridized carbons (Fsp3) is 0.364. The fourth-order valence-corrected chi connectivity index (χ4v) is 5.35. The third-order valence-corrected chi connectivity index (χ3v) is 7.45. The average molecular weight is 567 g/mol. The molecular formula is C22H21BrClN5O4S. The molecule has 178 valence electrons. The summed E-state index contributed by atoms with van der Waals surface area (Å²) in [6.07, 6.45) is 2.67. The first-order chi connectivity index (χ1) is 16.4. The van der Waals surface area contributed by atoms with Gasteiger partial charge in [0.2, 0.25) is 6.19 Å². The summed E-state index contributed by atoms with van der Waals surface area (Å²) in [4.78, 5) is 32.2. The lowest BCUT2D eigenvalue weighted by Gasteiger charge is -2.28. The van der Waals surface area contributed by atoms with Crippen molar-refractivity contribution in [3.8, 4) is 6.19 Å². The van der Waals surface area contributed by atoms with E-state index in [0.29, 0.717) is 66.3 Å². The van der Waals surface area contributed by atoms with Crippen LogP contribution in [0.1, 0.15) is 22.5 Å². The van der Waals surface area contributed by atoms with Crippen molar-refractivity contribution >= 4 is 67.9 Å². The minimum atomic E-state index is -1.19. The molecule has 4 rings (SSSR count). The average Bonchev–Trinajstić information content (AvgIpc) is 3.40. The number of thiophene rings is 1. The standard InChI is InChI=1S/C22H21BrClN5O4S/c23-18-4-3-17(34-18)20(30)28-22(6-9-33-12-22)21(31)27-14-1-2-16(15(24)11-14)29-7-10-32-8-5-19(29)26-13-25/h1-4,11H,5-10,12H2,(H,27,31)(H,28,30)/t22-/m0/s1. The number of aliphatic imine (C=N–C) groups is 1. The molecule has 0 spiro atoms. The van der Waals surface area contributed by atoms with Gasteiger partial charge in [-0.2, -0.15) is 10.3 Å². The van der Waals surface area contributed by atoms with Crippen LogP contribution in [0, 0.1) is 11.5 Å². The van der Waals surface area contributed by atoms with Gasteiger partial charge in [0.15, 0.2) is 0 Å². The summed E-state index contributed by atoms with van der Waals surface area (Å²) in [6, 6.07) is 8.59. The van der Waals surface area contributed by atoms with Crippen LogP contribution in [0.5, 0.6) is 0 Å². The number of benzene rings is 1. The van der Waals surface area contributed by atoms with Crippen LogP contribution in [0.2, 0.25) is 5.02 Å². The Morgan fingerprint density at radius 1 is 1.24 bits per heavy atom. The molecule has 2 aliphatic rings. The van der Waals surface area contributed by atoms with Crippen LogP contribution in [0.4, 0.5) is 11.4 Å². The van der Waals surface area contributed by atoms with Gasteiger partial charge in [-0.15, -0.1) is 11.3 Å². The highest BCUT2D eigenvalue weighted by atomic mass is 79.9. The van der Waals surface area contributed by atoms with Crippen LogP contribution in [0.3, 0.4) is 0 Å². The van der Waals surface area contributed by atoms with Gasteiger partial charge < -0.3 is 25.0 Å². The van der Waals surface area contributed by atoms with Crippen LogP contribution in [-0.4, -0.2) is 56.2 Å². The van der Waals surface area contributed by atoms with E-state index in [4.69, 9.17) is 26.3 Å². The topological polar surface area (TPSA) is 116 Å². The number of carbonyl (C=O) groups is 2. The number of nitrogens with one attached hydrogen (secondary N) is 2. The van der Waals surface area contributed by atoms with Gasteiger partial charge in [0.1, 0.15) is 11.4 Å². The van der Waals surface area contributed by atoms with Gasteiger partial charge in [0.05, 0.1) is 39.2 Å². The van der Waals surface area contributed by atoms with Crippen molar-refractivity contribution < 1.29 is 19.1 Å². The summed E-state index contributed by atoms with van der Waals surface area (Å²) in [5.74, 6) is -0.145. The van der Waals surface area contributed by atoms with Crippen molar-refractivity contribution in [1.29, 1.82) is 5.26 Å². The van der Waals surface area contributed by atoms with Gasteiger partial charge >= 0.3 is 0 Å². The molecule has 2 fully saturated rings. The van der Waals surface area contributed by atoms with E-state index in [0.717, 1.165) is 3.79 Å². The van der Waals surface area contributed by atoms with Crippen molar-refractivity contribution in [3.05, 3.63) is 44.0 Å². The predicted molar refractivity (Wildman–Crippen MR) is 134 cm³/mol. The number of amidine groups is 1. The second kappa shape index (κ2) is 10.8. The van der Waals surface area contributed by atoms with E-state index in [1.165, 1.54) is 11.3 Å². The first kappa shape index (κ1) is 24.6. The first-order valence-electron chi connectivity index (χ1n) is 10.5. The predicted octanol–water partition coefficient (Wildman–Crippen LogP) is 3.80. The smallest absolute Gasteiger partial charge is 0.262 e. The molecule has 0 bridgehead atoms. The van der Waals surface area contributed by atoms with E-state index >= 15 is 0 Å². The molecule has 34 heavy (non-hydrogen) atoms. The number of amides is 2. The van der Waals surface area contributed by atoms with Gasteiger partial charge in [0.25, 0.3) is 11.8 Å². The zero-order valence-electron chi connectivity index (χ0n) is 18.0. The molecule has 2 saturated heterocycles. The molecule has 2 aromatic rings. The summed E-state index contributed by atoms with van der Waals surface area (Å²) >= 11 is 11.2. The number of hydrogen-bond donors (Lipinski definition) is 2. The fourth-order valence-electron chi connectivity index (χ4n) is 3.79. The summed E-state index contributed by atoms with van der Waals surface area (Å²) in [5, 5.41) is 15.1. The maximum atomic E-state index is 13.3. The summed E-state index contributed by atoms with van der Waals surface area (Å²) in [7, 11) is 0. The van der Waals surface area contributed by atoms with Gasteiger partial charge in [-0.25, -0.2) is 0 Å². The number of nitrogens with zero attached hydrogens (tertiary/aromatic N) is 3. The Balaban J connectivity index is 1.51. The zero-order chi connectivity index (χ0) is 24.1. The maximum Gasteiger partial charge on any atom is 0.262 e. The summed E-state index contributed by atoms with van der Waals surface area (Å²) < 4.78 is 11.8. The molecular weight excluding hydrogens is 546 g/mol. The second-order valence-electron chi connectivity index (χ2n) is 7.70. The first-order valence-corrected chi connectivity index (χ1v) is 12.5. The molecule has 1 aromatic carbocycles. The van der Waals surface area contributed by atoms with Gasteiger partial charge in [-0.05, 0) is 46.3 Å². The van der Waals surface area contributed by atoms with Gasteiger partial charge in [-0.1, -0.05) is 11.6 Å². The molecule has 2 amide bonds. The molecule has 2 aliphatic heterocycles. The Bertz CT molecular complexity index is 1160. The molecule has 9 nitrogen and oxygen atoms in total. The number of hydrogen-bond acceptors (Lipinski definition) is 7. The van der Waals surface area contributed by atoms with E-state index in [1.54, 1.807) is 30.3 Å². The SMILES string of the molecule is N#CN=C1CCOCCN1c1ccc(NC(=O)[C@]2(NC(=O)c3ccc(Br)s3)CCOC2)cc1Cl. The lowest BCUT2D eigenvalue weighted by Crippen LogP contribution is -2.57. The van der Waals surface area contributed by atoms with E-state index in [2.05, 4.69) is 31.6 Å². The molecule has 0 radical (unpaired) electrons. The number of rotatable bonds is 5.